The number of furan rings is 1. The highest BCUT2D eigenvalue weighted by Gasteiger charge is 2.16. The molecule has 0 saturated carbocycles. The molecule has 0 aliphatic rings. The lowest BCUT2D eigenvalue weighted by atomic mass is 10.1. The summed E-state index contributed by atoms with van der Waals surface area (Å²) in [7, 11) is 1.23. The van der Waals surface area contributed by atoms with E-state index in [0.29, 0.717) is 0 Å². The molecule has 1 aromatic heterocycles. The van der Waals surface area contributed by atoms with E-state index >= 15 is 0 Å². The van der Waals surface area contributed by atoms with Crippen molar-refractivity contribution in [3.05, 3.63) is 47.4 Å². The molecular formula is C14H12O6. The van der Waals surface area contributed by atoms with Crippen molar-refractivity contribution in [1.29, 1.82) is 0 Å². The first-order valence-electron chi connectivity index (χ1n) is 5.73. The Labute approximate surface area is 114 Å². The summed E-state index contributed by atoms with van der Waals surface area (Å²) in [6, 6.07) is 6.59. The molecule has 2 N–H and O–H groups in total. The quantitative estimate of drug-likeness (QED) is 0.654. The standard InChI is InChI=1S/C14H12O6/c1-19-14(18)13-5-3-9(20-13)7-12(17)10-4-2-8(15)6-11(10)16/h2-6,15-16H,7H2,1H3. The second-order valence-corrected chi connectivity index (χ2v) is 4.06. The summed E-state index contributed by atoms with van der Waals surface area (Å²) in [6.07, 6.45) is -0.116. The number of Topliss-reactive ketones (excluding diaryl/α,β-unsaturated/α-hetero) is 1. The van der Waals surface area contributed by atoms with Crippen LogP contribution in [0.1, 0.15) is 26.7 Å². The highest BCUT2D eigenvalue weighted by Crippen LogP contribution is 2.24. The van der Waals surface area contributed by atoms with Crippen LogP contribution in [-0.4, -0.2) is 29.1 Å². The van der Waals surface area contributed by atoms with Crippen LogP contribution >= 0.6 is 0 Å². The Kier molecular flexibility index (Phi) is 3.74. The molecular weight excluding hydrogens is 264 g/mol. The third kappa shape index (κ3) is 2.80. The van der Waals surface area contributed by atoms with E-state index in [2.05, 4.69) is 4.74 Å². The highest BCUT2D eigenvalue weighted by atomic mass is 16.5. The lowest BCUT2D eigenvalue weighted by Gasteiger charge is -2.03. The van der Waals surface area contributed by atoms with Gasteiger partial charge in [-0.1, -0.05) is 0 Å². The fourth-order valence-corrected chi connectivity index (χ4v) is 1.69. The maximum Gasteiger partial charge on any atom is 0.373 e. The number of benzene rings is 1. The summed E-state index contributed by atoms with van der Waals surface area (Å²) in [4.78, 5) is 23.2. The number of methoxy groups -OCH3 is 1. The third-order valence-corrected chi connectivity index (χ3v) is 2.66. The lowest BCUT2D eigenvalue weighted by Crippen LogP contribution is -2.03. The second kappa shape index (κ2) is 5.48. The summed E-state index contributed by atoms with van der Waals surface area (Å²) in [6.45, 7) is 0. The minimum Gasteiger partial charge on any atom is -0.508 e. The zero-order chi connectivity index (χ0) is 14.7. The minimum atomic E-state index is -0.629. The van der Waals surface area contributed by atoms with Gasteiger partial charge in [-0.25, -0.2) is 4.79 Å². The van der Waals surface area contributed by atoms with E-state index in [-0.39, 0.29) is 35.0 Å². The molecule has 2 aromatic rings. The molecule has 0 bridgehead atoms. The van der Waals surface area contributed by atoms with E-state index in [1.165, 1.54) is 31.4 Å². The average molecular weight is 276 g/mol. The number of ether oxygens (including phenoxy) is 1. The number of carbonyl (C=O) groups is 2. The van der Waals surface area contributed by atoms with Gasteiger partial charge in [0.25, 0.3) is 0 Å². The fourth-order valence-electron chi connectivity index (χ4n) is 1.69. The molecule has 6 heteroatoms. The minimum absolute atomic E-state index is 0.00484. The third-order valence-electron chi connectivity index (χ3n) is 2.66. The predicted octanol–water partition coefficient (Wildman–Crippen LogP) is 1.90. The largest absolute Gasteiger partial charge is 0.508 e. The Hall–Kier alpha value is -2.76. The first-order valence-corrected chi connectivity index (χ1v) is 5.73. The summed E-state index contributed by atoms with van der Waals surface area (Å²) < 4.78 is 9.65. The number of aromatic hydroxyl groups is 2. The van der Waals surface area contributed by atoms with Gasteiger partial charge in [-0.05, 0) is 24.3 Å². The van der Waals surface area contributed by atoms with E-state index in [4.69, 9.17) is 9.52 Å². The molecule has 104 valence electrons. The Morgan fingerprint density at radius 2 is 1.95 bits per heavy atom. The molecule has 20 heavy (non-hydrogen) atoms. The Bertz CT molecular complexity index is 655. The van der Waals surface area contributed by atoms with Crippen LogP contribution in [0.3, 0.4) is 0 Å². The Morgan fingerprint density at radius 3 is 2.60 bits per heavy atom. The van der Waals surface area contributed by atoms with Gasteiger partial charge in [0.15, 0.2) is 5.78 Å². The van der Waals surface area contributed by atoms with Gasteiger partial charge < -0.3 is 19.4 Å². The molecule has 0 aliphatic heterocycles. The van der Waals surface area contributed by atoms with Crippen LogP contribution in [0.5, 0.6) is 11.5 Å². The average Bonchev–Trinajstić information content (AvgIpc) is 2.86. The number of phenolic OH excluding ortho intramolecular Hbond substituents is 2. The Balaban J connectivity index is 2.15. The van der Waals surface area contributed by atoms with Crippen molar-refractivity contribution >= 4 is 11.8 Å². The summed E-state index contributed by atoms with van der Waals surface area (Å²) in [5, 5.41) is 18.7. The number of rotatable bonds is 4. The fraction of sp³-hybridized carbons (Fsp3) is 0.143. The van der Waals surface area contributed by atoms with Crippen molar-refractivity contribution in [1.82, 2.24) is 0 Å². The van der Waals surface area contributed by atoms with E-state index in [1.807, 2.05) is 0 Å². The van der Waals surface area contributed by atoms with Crippen LogP contribution in [0, 0.1) is 0 Å². The zero-order valence-corrected chi connectivity index (χ0v) is 10.6. The number of phenols is 2. The van der Waals surface area contributed by atoms with Gasteiger partial charge in [0.05, 0.1) is 19.1 Å². The lowest BCUT2D eigenvalue weighted by molar-refractivity contribution is 0.0562. The van der Waals surface area contributed by atoms with E-state index < -0.39 is 11.8 Å². The molecule has 1 heterocycles. The normalized spacial score (nSPS) is 10.2. The van der Waals surface area contributed by atoms with Crippen LogP contribution in [-0.2, 0) is 11.2 Å². The molecule has 0 spiro atoms. The topological polar surface area (TPSA) is 97.0 Å². The number of ketones is 1. The molecule has 0 amide bonds. The molecule has 0 radical (unpaired) electrons. The van der Waals surface area contributed by atoms with Crippen LogP contribution < -0.4 is 0 Å². The maximum atomic E-state index is 12.0. The van der Waals surface area contributed by atoms with Gasteiger partial charge in [0, 0.05) is 6.07 Å². The number of hydrogen-bond acceptors (Lipinski definition) is 6. The molecule has 6 nitrogen and oxygen atoms in total. The molecule has 0 unspecified atom stereocenters. The van der Waals surface area contributed by atoms with Crippen LogP contribution in [0.2, 0.25) is 0 Å². The summed E-state index contributed by atoms with van der Waals surface area (Å²) >= 11 is 0. The first kappa shape index (κ1) is 13.7. The molecule has 0 aliphatic carbocycles. The van der Waals surface area contributed by atoms with E-state index in [0.717, 1.165) is 6.07 Å². The van der Waals surface area contributed by atoms with Crippen molar-refractivity contribution in [2.45, 2.75) is 6.42 Å². The van der Waals surface area contributed by atoms with Gasteiger partial charge >= 0.3 is 5.97 Å². The van der Waals surface area contributed by atoms with Crippen LogP contribution in [0.25, 0.3) is 0 Å². The molecule has 2 rings (SSSR count). The molecule has 1 aromatic carbocycles. The van der Waals surface area contributed by atoms with E-state index in [9.17, 15) is 14.7 Å². The number of hydrogen-bond donors (Lipinski definition) is 2. The van der Waals surface area contributed by atoms with Crippen LogP contribution in [0.15, 0.2) is 34.7 Å². The summed E-state index contributed by atoms with van der Waals surface area (Å²) in [5.41, 5.74) is 0.0684. The number of carbonyl (C=O) groups excluding carboxylic acids is 2. The molecule has 0 atom stereocenters. The molecule has 0 saturated heterocycles. The monoisotopic (exact) mass is 276 g/mol. The Morgan fingerprint density at radius 1 is 1.20 bits per heavy atom. The highest BCUT2D eigenvalue weighted by molar-refractivity contribution is 5.99. The second-order valence-electron chi connectivity index (χ2n) is 4.06. The first-order chi connectivity index (χ1) is 9.51. The maximum absolute atomic E-state index is 12.0. The van der Waals surface area contributed by atoms with Crippen molar-refractivity contribution in [3.63, 3.8) is 0 Å². The van der Waals surface area contributed by atoms with Gasteiger partial charge in [-0.2, -0.15) is 0 Å². The van der Waals surface area contributed by atoms with Gasteiger partial charge in [0.1, 0.15) is 17.3 Å². The zero-order valence-electron chi connectivity index (χ0n) is 10.6. The van der Waals surface area contributed by atoms with Gasteiger partial charge in [0.2, 0.25) is 5.76 Å². The number of esters is 1. The summed E-state index contributed by atoms with van der Waals surface area (Å²) in [5.74, 6) is -1.18. The van der Waals surface area contributed by atoms with Gasteiger partial charge in [-0.15, -0.1) is 0 Å². The molecule has 0 fully saturated rings. The van der Waals surface area contributed by atoms with Crippen molar-refractivity contribution < 1.29 is 29.0 Å². The van der Waals surface area contributed by atoms with E-state index in [1.54, 1.807) is 0 Å². The predicted molar refractivity (Wildman–Crippen MR) is 67.9 cm³/mol. The smallest absolute Gasteiger partial charge is 0.373 e. The van der Waals surface area contributed by atoms with Crippen molar-refractivity contribution in [2.24, 2.45) is 0 Å². The van der Waals surface area contributed by atoms with Crippen molar-refractivity contribution in [3.8, 4) is 11.5 Å². The van der Waals surface area contributed by atoms with Crippen LogP contribution in [0.4, 0.5) is 0 Å². The van der Waals surface area contributed by atoms with Gasteiger partial charge in [-0.3, -0.25) is 4.79 Å². The van der Waals surface area contributed by atoms with Crippen molar-refractivity contribution in [2.75, 3.05) is 7.11 Å². The SMILES string of the molecule is COC(=O)c1ccc(CC(=O)c2ccc(O)cc2O)o1.